The first kappa shape index (κ1) is 26.7. The largest absolute Gasteiger partial charge is 1.00 e. The zero-order valence-corrected chi connectivity index (χ0v) is 20.6. The van der Waals surface area contributed by atoms with Crippen molar-refractivity contribution in [3.63, 3.8) is 0 Å². The Hall–Kier alpha value is -1.30. The minimum Gasteiger partial charge on any atom is -1.00 e. The second-order valence-corrected chi connectivity index (χ2v) is 6.43. The Bertz CT molecular complexity index is 658. The highest BCUT2D eigenvalue weighted by Crippen LogP contribution is 2.00. The number of amides is 2. The van der Waals surface area contributed by atoms with E-state index in [4.69, 9.17) is 0 Å². The number of carbonyl (C=O) groups is 2. The van der Waals surface area contributed by atoms with E-state index in [1.807, 2.05) is 72.3 Å². The SMILES string of the molecule is C[n+]1ccc(C(=O)NCCCCCCNC(=O)c2cc[n+](C)cc2)cc1.[I-].[I-]. The molecule has 2 aromatic rings. The van der Waals surface area contributed by atoms with Gasteiger partial charge in [0.15, 0.2) is 24.8 Å². The highest BCUT2D eigenvalue weighted by atomic mass is 127. The monoisotopic (exact) mass is 610 g/mol. The van der Waals surface area contributed by atoms with Crippen LogP contribution in [0, 0.1) is 0 Å². The van der Waals surface area contributed by atoms with Crippen molar-refractivity contribution in [2.24, 2.45) is 14.1 Å². The van der Waals surface area contributed by atoms with Crippen LogP contribution >= 0.6 is 0 Å². The first-order valence-corrected chi connectivity index (χ1v) is 9.03. The molecule has 0 atom stereocenters. The Morgan fingerprint density at radius 1 is 0.679 bits per heavy atom. The lowest BCUT2D eigenvalue weighted by Gasteiger charge is -2.06. The number of rotatable bonds is 9. The quantitative estimate of drug-likeness (QED) is 0.170. The van der Waals surface area contributed by atoms with Gasteiger partial charge in [-0.05, 0) is 12.8 Å². The van der Waals surface area contributed by atoms with Gasteiger partial charge in [0, 0.05) is 37.4 Å². The summed E-state index contributed by atoms with van der Waals surface area (Å²) in [7, 11) is 3.84. The molecule has 0 aliphatic heterocycles. The number of halogens is 2. The van der Waals surface area contributed by atoms with E-state index in [0.717, 1.165) is 25.7 Å². The number of hydrogen-bond donors (Lipinski definition) is 2. The molecule has 0 unspecified atom stereocenters. The van der Waals surface area contributed by atoms with Crippen molar-refractivity contribution in [3.8, 4) is 0 Å². The Kier molecular flexibility index (Phi) is 14.0. The van der Waals surface area contributed by atoms with Crippen LogP contribution in [0.15, 0.2) is 49.1 Å². The van der Waals surface area contributed by atoms with Crippen molar-refractivity contribution in [1.29, 1.82) is 0 Å². The zero-order valence-electron chi connectivity index (χ0n) is 16.3. The van der Waals surface area contributed by atoms with Gasteiger partial charge >= 0.3 is 0 Å². The second kappa shape index (κ2) is 14.7. The average molecular weight is 610 g/mol. The van der Waals surface area contributed by atoms with Gasteiger partial charge in [0.25, 0.3) is 11.8 Å². The molecule has 0 radical (unpaired) electrons. The highest BCUT2D eigenvalue weighted by Gasteiger charge is 2.07. The van der Waals surface area contributed by atoms with Crippen molar-refractivity contribution in [1.82, 2.24) is 10.6 Å². The molecule has 2 amide bonds. The van der Waals surface area contributed by atoms with Crippen LogP contribution in [0.2, 0.25) is 0 Å². The molecule has 0 aliphatic carbocycles. The van der Waals surface area contributed by atoms with Gasteiger partial charge in [0.05, 0.1) is 11.1 Å². The first-order chi connectivity index (χ1) is 12.6. The van der Waals surface area contributed by atoms with Gasteiger partial charge in [-0.15, -0.1) is 0 Å². The van der Waals surface area contributed by atoms with E-state index in [1.54, 1.807) is 0 Å². The van der Waals surface area contributed by atoms with E-state index < -0.39 is 0 Å². The lowest BCUT2D eigenvalue weighted by Crippen LogP contribution is -3.00. The molecule has 0 fully saturated rings. The number of nitrogens with one attached hydrogen (secondary N) is 2. The molecule has 0 spiro atoms. The number of nitrogens with zero attached hydrogens (tertiary/aromatic N) is 2. The van der Waals surface area contributed by atoms with Crippen molar-refractivity contribution >= 4 is 11.8 Å². The van der Waals surface area contributed by atoms with Gasteiger partial charge in [-0.3, -0.25) is 9.59 Å². The fourth-order valence-corrected chi connectivity index (χ4v) is 2.52. The van der Waals surface area contributed by atoms with E-state index in [0.29, 0.717) is 24.2 Å². The lowest BCUT2D eigenvalue weighted by atomic mass is 10.2. The van der Waals surface area contributed by atoms with E-state index in [-0.39, 0.29) is 59.8 Å². The number of aryl methyl sites for hydroxylation is 2. The third-order valence-electron chi connectivity index (χ3n) is 4.16. The molecule has 0 aromatic carbocycles. The molecular weight excluding hydrogens is 582 g/mol. The van der Waals surface area contributed by atoms with Crippen LogP contribution in [0.5, 0.6) is 0 Å². The van der Waals surface area contributed by atoms with Gasteiger partial charge < -0.3 is 58.6 Å². The van der Waals surface area contributed by atoms with Crippen LogP contribution < -0.4 is 67.7 Å². The topological polar surface area (TPSA) is 66.0 Å². The number of aromatic nitrogens is 2. The predicted molar refractivity (Wildman–Crippen MR) is 98.4 cm³/mol. The molecule has 0 saturated heterocycles. The molecule has 2 heterocycles. The summed E-state index contributed by atoms with van der Waals surface area (Å²) in [4.78, 5) is 23.9. The summed E-state index contributed by atoms with van der Waals surface area (Å²) in [6.07, 6.45) is 11.4. The van der Waals surface area contributed by atoms with Gasteiger partial charge in [-0.2, -0.15) is 0 Å². The van der Waals surface area contributed by atoms with Crippen molar-refractivity contribution in [2.75, 3.05) is 13.1 Å². The van der Waals surface area contributed by atoms with E-state index in [9.17, 15) is 9.59 Å². The minimum atomic E-state index is -0.0332. The smallest absolute Gasteiger partial charge is 0.251 e. The average Bonchev–Trinajstić information content (AvgIpc) is 2.64. The summed E-state index contributed by atoms with van der Waals surface area (Å²) < 4.78 is 3.79. The standard InChI is InChI=1S/C20H26N4O2.2HI/c1-23-13-7-17(8-14-23)19(25)21-11-5-3-4-6-12-22-20(26)18-9-15-24(2)16-10-18;;/h7-10,13-16H,3-6,11-12H2,1-2H3;2*1H. The van der Waals surface area contributed by atoms with Crippen molar-refractivity contribution < 1.29 is 66.7 Å². The van der Waals surface area contributed by atoms with E-state index in [1.165, 1.54) is 0 Å². The van der Waals surface area contributed by atoms with Gasteiger partial charge in [0.1, 0.15) is 14.1 Å². The lowest BCUT2D eigenvalue weighted by molar-refractivity contribution is -0.671. The number of unbranched alkanes of at least 4 members (excludes halogenated alkanes) is 3. The minimum absolute atomic E-state index is 0. The maximum Gasteiger partial charge on any atom is 0.251 e. The highest BCUT2D eigenvalue weighted by molar-refractivity contribution is 5.94. The first-order valence-electron chi connectivity index (χ1n) is 9.03. The summed E-state index contributed by atoms with van der Waals surface area (Å²) >= 11 is 0. The predicted octanol–water partition coefficient (Wildman–Crippen LogP) is -4.94. The zero-order chi connectivity index (χ0) is 18.8. The van der Waals surface area contributed by atoms with Crippen LogP contribution in [0.3, 0.4) is 0 Å². The van der Waals surface area contributed by atoms with Gasteiger partial charge in [0.2, 0.25) is 0 Å². The Morgan fingerprint density at radius 2 is 1.00 bits per heavy atom. The van der Waals surface area contributed by atoms with Crippen LogP contribution in [-0.2, 0) is 14.1 Å². The molecule has 0 aliphatic rings. The van der Waals surface area contributed by atoms with Crippen LogP contribution in [-0.4, -0.2) is 24.9 Å². The number of hydrogen-bond acceptors (Lipinski definition) is 2. The van der Waals surface area contributed by atoms with Crippen molar-refractivity contribution in [2.45, 2.75) is 25.7 Å². The van der Waals surface area contributed by atoms with E-state index in [2.05, 4.69) is 10.6 Å². The summed E-state index contributed by atoms with van der Waals surface area (Å²) in [5, 5.41) is 5.87. The maximum absolute atomic E-state index is 12.0. The summed E-state index contributed by atoms with van der Waals surface area (Å²) in [5.41, 5.74) is 1.36. The third kappa shape index (κ3) is 9.76. The maximum atomic E-state index is 12.0. The molecule has 0 bridgehead atoms. The third-order valence-corrected chi connectivity index (χ3v) is 4.16. The summed E-state index contributed by atoms with van der Waals surface area (Å²) in [6, 6.07) is 7.24. The van der Waals surface area contributed by atoms with Crippen LogP contribution in [0.1, 0.15) is 46.4 Å². The number of carbonyl (C=O) groups excluding carboxylic acids is 2. The van der Waals surface area contributed by atoms with Crippen molar-refractivity contribution in [3.05, 3.63) is 60.2 Å². The molecular formula is C20H28I2N4O2. The van der Waals surface area contributed by atoms with E-state index >= 15 is 0 Å². The van der Waals surface area contributed by atoms with Crippen LogP contribution in [0.4, 0.5) is 0 Å². The Balaban J connectivity index is 0.00000364. The molecule has 8 heteroatoms. The van der Waals surface area contributed by atoms with Gasteiger partial charge in [-0.25, -0.2) is 9.13 Å². The molecule has 2 rings (SSSR count). The molecule has 0 saturated carbocycles. The fourth-order valence-electron chi connectivity index (χ4n) is 2.52. The normalized spacial score (nSPS) is 9.64. The molecule has 2 N–H and O–H groups in total. The Morgan fingerprint density at radius 3 is 1.32 bits per heavy atom. The summed E-state index contributed by atoms with van der Waals surface area (Å²) in [5.74, 6) is -0.0664. The molecule has 154 valence electrons. The van der Waals surface area contributed by atoms with Gasteiger partial charge in [-0.1, -0.05) is 12.8 Å². The van der Waals surface area contributed by atoms with Crippen LogP contribution in [0.25, 0.3) is 0 Å². The fraction of sp³-hybridized carbons (Fsp3) is 0.400. The molecule has 2 aromatic heterocycles. The summed E-state index contributed by atoms with van der Waals surface area (Å²) in [6.45, 7) is 1.35. The second-order valence-electron chi connectivity index (χ2n) is 6.43. The Labute approximate surface area is 201 Å². The number of pyridine rings is 2. The molecule has 28 heavy (non-hydrogen) atoms. The molecule has 6 nitrogen and oxygen atoms in total.